The van der Waals surface area contributed by atoms with E-state index in [-0.39, 0.29) is 11.9 Å². The van der Waals surface area contributed by atoms with Crippen LogP contribution in [0.15, 0.2) is 41.0 Å². The number of hydrazine groups is 1. The number of hydrogen-bond donors (Lipinski definition) is 2. The number of benzene rings is 1. The second kappa shape index (κ2) is 6.43. The SMILES string of the molecule is NNC(Cc1ccc(F)cc1Cl)c1ncccc1Br. The predicted molar refractivity (Wildman–Crippen MR) is 77.1 cm³/mol. The van der Waals surface area contributed by atoms with Crippen LogP contribution in [0.5, 0.6) is 0 Å². The number of halogens is 3. The van der Waals surface area contributed by atoms with E-state index in [2.05, 4.69) is 26.3 Å². The monoisotopic (exact) mass is 343 g/mol. The van der Waals surface area contributed by atoms with E-state index in [9.17, 15) is 4.39 Å². The molecular weight excluding hydrogens is 333 g/mol. The van der Waals surface area contributed by atoms with E-state index in [4.69, 9.17) is 17.4 Å². The summed E-state index contributed by atoms with van der Waals surface area (Å²) in [5, 5.41) is 0.382. The molecule has 0 fully saturated rings. The normalized spacial score (nSPS) is 12.4. The van der Waals surface area contributed by atoms with Gasteiger partial charge in [0.05, 0.1) is 11.7 Å². The van der Waals surface area contributed by atoms with Crippen molar-refractivity contribution in [1.82, 2.24) is 10.4 Å². The van der Waals surface area contributed by atoms with Crippen LogP contribution in [-0.4, -0.2) is 4.98 Å². The molecule has 1 unspecified atom stereocenters. The highest BCUT2D eigenvalue weighted by Gasteiger charge is 2.16. The van der Waals surface area contributed by atoms with Gasteiger partial charge in [-0.05, 0) is 52.2 Å². The standard InChI is InChI=1S/C13H12BrClFN3/c14-10-2-1-5-18-13(10)12(19-17)6-8-3-4-9(16)7-11(8)15/h1-5,7,12,19H,6,17H2. The first-order chi connectivity index (χ1) is 9.11. The van der Waals surface area contributed by atoms with Crippen LogP contribution in [0, 0.1) is 5.82 Å². The summed E-state index contributed by atoms with van der Waals surface area (Å²) in [5.74, 6) is 5.22. The molecule has 1 atom stereocenters. The van der Waals surface area contributed by atoms with Gasteiger partial charge in [-0.1, -0.05) is 17.7 Å². The maximum Gasteiger partial charge on any atom is 0.124 e. The molecule has 0 saturated carbocycles. The Bertz CT molecular complexity index is 580. The Hall–Kier alpha value is -1.01. The molecule has 0 radical (unpaired) electrons. The molecule has 0 amide bonds. The Morgan fingerprint density at radius 2 is 2.21 bits per heavy atom. The Morgan fingerprint density at radius 3 is 2.84 bits per heavy atom. The van der Waals surface area contributed by atoms with Crippen LogP contribution in [0.3, 0.4) is 0 Å². The summed E-state index contributed by atoms with van der Waals surface area (Å²) in [6, 6.07) is 7.82. The van der Waals surface area contributed by atoms with Gasteiger partial charge in [0, 0.05) is 15.7 Å². The van der Waals surface area contributed by atoms with Crippen LogP contribution >= 0.6 is 27.5 Å². The fraction of sp³-hybridized carbons (Fsp3) is 0.154. The molecule has 2 rings (SSSR count). The molecule has 6 heteroatoms. The van der Waals surface area contributed by atoms with Gasteiger partial charge in [-0.15, -0.1) is 0 Å². The van der Waals surface area contributed by atoms with E-state index in [1.165, 1.54) is 12.1 Å². The maximum atomic E-state index is 13.0. The molecule has 1 heterocycles. The summed E-state index contributed by atoms with van der Waals surface area (Å²) in [7, 11) is 0. The van der Waals surface area contributed by atoms with E-state index in [0.29, 0.717) is 11.4 Å². The van der Waals surface area contributed by atoms with Gasteiger partial charge in [-0.3, -0.25) is 16.3 Å². The molecular formula is C13H12BrClFN3. The Balaban J connectivity index is 2.27. The lowest BCUT2D eigenvalue weighted by molar-refractivity contribution is 0.535. The topological polar surface area (TPSA) is 50.9 Å². The lowest BCUT2D eigenvalue weighted by atomic mass is 10.0. The molecule has 3 nitrogen and oxygen atoms in total. The van der Waals surface area contributed by atoms with Crippen molar-refractivity contribution in [3.63, 3.8) is 0 Å². The van der Waals surface area contributed by atoms with Gasteiger partial charge in [0.1, 0.15) is 5.82 Å². The molecule has 19 heavy (non-hydrogen) atoms. The van der Waals surface area contributed by atoms with Gasteiger partial charge in [0.15, 0.2) is 0 Å². The Morgan fingerprint density at radius 1 is 1.42 bits per heavy atom. The fourth-order valence-electron chi connectivity index (χ4n) is 1.80. The van der Waals surface area contributed by atoms with Gasteiger partial charge < -0.3 is 0 Å². The van der Waals surface area contributed by atoms with Crippen LogP contribution in [0.2, 0.25) is 5.02 Å². The van der Waals surface area contributed by atoms with Crippen molar-refractivity contribution in [3.8, 4) is 0 Å². The molecule has 0 aliphatic carbocycles. The lowest BCUT2D eigenvalue weighted by Gasteiger charge is -2.17. The number of pyridine rings is 1. The number of aromatic nitrogens is 1. The third-order valence-corrected chi connectivity index (χ3v) is 3.78. The van der Waals surface area contributed by atoms with E-state index in [1.54, 1.807) is 12.3 Å². The number of rotatable bonds is 4. The highest BCUT2D eigenvalue weighted by Crippen LogP contribution is 2.26. The minimum absolute atomic E-state index is 0.210. The summed E-state index contributed by atoms with van der Waals surface area (Å²) < 4.78 is 13.9. The van der Waals surface area contributed by atoms with E-state index < -0.39 is 0 Å². The van der Waals surface area contributed by atoms with Gasteiger partial charge in [0.25, 0.3) is 0 Å². The molecule has 0 aliphatic rings. The van der Waals surface area contributed by atoms with Crippen LogP contribution in [0.4, 0.5) is 4.39 Å². The van der Waals surface area contributed by atoms with Crippen molar-refractivity contribution < 1.29 is 4.39 Å². The molecule has 0 spiro atoms. The summed E-state index contributed by atoms with van der Waals surface area (Å²) in [6.45, 7) is 0. The molecule has 2 aromatic rings. The second-order valence-corrected chi connectivity index (χ2v) is 5.29. The third kappa shape index (κ3) is 3.51. The summed E-state index contributed by atoms with van der Waals surface area (Å²) in [4.78, 5) is 4.29. The molecule has 0 saturated heterocycles. The highest BCUT2D eigenvalue weighted by molar-refractivity contribution is 9.10. The number of hydrogen-bond acceptors (Lipinski definition) is 3. The molecule has 0 bridgehead atoms. The van der Waals surface area contributed by atoms with Crippen LogP contribution in [0.25, 0.3) is 0 Å². The van der Waals surface area contributed by atoms with Gasteiger partial charge in [-0.2, -0.15) is 0 Å². The first-order valence-corrected chi connectivity index (χ1v) is 6.79. The maximum absolute atomic E-state index is 13.0. The zero-order chi connectivity index (χ0) is 13.8. The zero-order valence-corrected chi connectivity index (χ0v) is 12.2. The predicted octanol–water partition coefficient (Wildman–Crippen LogP) is 3.38. The number of nitrogens with one attached hydrogen (secondary N) is 1. The average Bonchev–Trinajstić information content (AvgIpc) is 2.39. The minimum Gasteiger partial charge on any atom is -0.271 e. The Labute approximate surface area is 124 Å². The molecule has 1 aromatic carbocycles. The second-order valence-electron chi connectivity index (χ2n) is 4.03. The van der Waals surface area contributed by atoms with E-state index in [1.807, 2.05) is 12.1 Å². The fourth-order valence-corrected chi connectivity index (χ4v) is 2.57. The smallest absolute Gasteiger partial charge is 0.124 e. The van der Waals surface area contributed by atoms with Crippen molar-refractivity contribution in [2.75, 3.05) is 0 Å². The minimum atomic E-state index is -0.356. The van der Waals surface area contributed by atoms with Crippen molar-refractivity contribution in [1.29, 1.82) is 0 Å². The highest BCUT2D eigenvalue weighted by atomic mass is 79.9. The van der Waals surface area contributed by atoms with E-state index >= 15 is 0 Å². The van der Waals surface area contributed by atoms with Crippen LogP contribution in [0.1, 0.15) is 17.3 Å². The van der Waals surface area contributed by atoms with E-state index in [0.717, 1.165) is 15.7 Å². The number of nitrogens with two attached hydrogens (primary N) is 1. The van der Waals surface area contributed by atoms with Crippen molar-refractivity contribution >= 4 is 27.5 Å². The molecule has 3 N–H and O–H groups in total. The lowest BCUT2D eigenvalue weighted by Crippen LogP contribution is -2.30. The quantitative estimate of drug-likeness (QED) is 0.660. The summed E-state index contributed by atoms with van der Waals surface area (Å²) in [6.07, 6.45) is 2.21. The van der Waals surface area contributed by atoms with Gasteiger partial charge in [0.2, 0.25) is 0 Å². The van der Waals surface area contributed by atoms with Crippen molar-refractivity contribution in [2.45, 2.75) is 12.5 Å². The first-order valence-electron chi connectivity index (χ1n) is 5.62. The van der Waals surface area contributed by atoms with Crippen molar-refractivity contribution in [2.24, 2.45) is 5.84 Å². The number of nitrogens with zero attached hydrogens (tertiary/aromatic N) is 1. The molecule has 0 aliphatic heterocycles. The van der Waals surface area contributed by atoms with Gasteiger partial charge in [-0.25, -0.2) is 4.39 Å². The van der Waals surface area contributed by atoms with Crippen molar-refractivity contribution in [3.05, 3.63) is 63.1 Å². The summed E-state index contributed by atoms with van der Waals surface area (Å²) in [5.41, 5.74) is 4.30. The Kier molecular flexibility index (Phi) is 4.87. The molecule has 100 valence electrons. The average molecular weight is 345 g/mol. The van der Waals surface area contributed by atoms with Crippen LogP contribution < -0.4 is 11.3 Å². The first kappa shape index (κ1) is 14.4. The summed E-state index contributed by atoms with van der Waals surface area (Å²) >= 11 is 9.45. The molecule has 1 aromatic heterocycles. The third-order valence-electron chi connectivity index (χ3n) is 2.76. The zero-order valence-electron chi connectivity index (χ0n) is 9.91. The van der Waals surface area contributed by atoms with Crippen LogP contribution in [-0.2, 0) is 6.42 Å². The largest absolute Gasteiger partial charge is 0.271 e. The van der Waals surface area contributed by atoms with Gasteiger partial charge >= 0.3 is 0 Å².